The second kappa shape index (κ2) is 30.1. The molecule has 0 aliphatic rings. The van der Waals surface area contributed by atoms with E-state index in [4.69, 9.17) is 50.6 Å². The molecule has 0 saturated heterocycles. The maximum Gasteiger partial charge on any atom is 1.00 e. The topological polar surface area (TPSA) is 262 Å². The molecule has 59 heavy (non-hydrogen) atoms. The molecule has 0 spiro atoms. The third kappa shape index (κ3) is 22.1. The summed E-state index contributed by atoms with van der Waals surface area (Å²) in [5.41, 5.74) is 10.00. The van der Waals surface area contributed by atoms with Gasteiger partial charge in [0.2, 0.25) is 17.8 Å². The minimum absolute atomic E-state index is 0. The number of thioether (sulfide) groups is 3. The quantitative estimate of drug-likeness (QED) is 0.0172. The summed E-state index contributed by atoms with van der Waals surface area (Å²) in [6, 6.07) is 12.6. The van der Waals surface area contributed by atoms with E-state index in [2.05, 4.69) is 35.5 Å². The van der Waals surface area contributed by atoms with Crippen LogP contribution >= 0.6 is 59.1 Å². The first-order valence-electron chi connectivity index (χ1n) is 14.6. The number of hydrogen-bond donors (Lipinski definition) is 5. The zero-order valence-corrected chi connectivity index (χ0v) is 41.1. The van der Waals surface area contributed by atoms with Gasteiger partial charge in [0.25, 0.3) is 6.47 Å². The van der Waals surface area contributed by atoms with Gasteiger partial charge < -0.3 is 38.7 Å². The van der Waals surface area contributed by atoms with Crippen LogP contribution in [0.15, 0.2) is 63.6 Å². The SMILES string of the molecule is CSc1nc(N)[nH]c(=S)c1C#N.CSc1nc(N)nc(SCC(=O)Nc2cccc(C(F)(F)F)c2)c1C#N.O=C(CCl)Nc1cccc(C(F)(F)F)c1.O=CO[O-].[H-].[K+].[K+]. The minimum atomic E-state index is -4.50. The summed E-state index contributed by atoms with van der Waals surface area (Å²) in [4.78, 5) is 48.5. The number of nitrogens with one attached hydrogen (secondary N) is 3. The zero-order valence-electron chi connectivity index (χ0n) is 31.8. The number of nitrogen functional groups attached to an aromatic ring is 2. The van der Waals surface area contributed by atoms with E-state index in [1.54, 1.807) is 6.26 Å². The number of carbonyl (C=O) groups excluding carboxylic acids is 3. The molecular weight excluding hydrogens is 948 g/mol. The summed E-state index contributed by atoms with van der Waals surface area (Å²) in [7, 11) is 0. The Balaban J connectivity index is -0.000000816. The van der Waals surface area contributed by atoms with Gasteiger partial charge >= 0.3 is 115 Å². The molecule has 0 fully saturated rings. The number of nitrogens with two attached hydrogens (primary N) is 2. The summed E-state index contributed by atoms with van der Waals surface area (Å²) >= 11 is 13.6. The van der Waals surface area contributed by atoms with Gasteiger partial charge in [-0.2, -0.15) is 36.9 Å². The van der Waals surface area contributed by atoms with E-state index in [9.17, 15) is 41.2 Å². The molecule has 0 unspecified atom stereocenters. The van der Waals surface area contributed by atoms with Crippen molar-refractivity contribution in [2.24, 2.45) is 0 Å². The van der Waals surface area contributed by atoms with Gasteiger partial charge in [0.05, 0.1) is 16.9 Å². The first-order chi connectivity index (χ1) is 26.8. The standard InChI is InChI=1S/C15H12F3N5OS2.C9H7ClF3NO.C6H6N4S2.CH2O3.2K.H/c1-25-12-10(6-19)13(23-14(20)22-12)26-7-11(24)21-9-4-2-3-8(5-9)15(16,17)18;10-5-8(15)14-7-3-1-2-6(4-7)9(11,12)13;1-12-5-3(2-7)4(11)9-6(8)10-5;2-1-4-3;;;/h2-5H,7H2,1H3,(H,21,24)(H2,20,22,23);1-4H,5H2,(H,14,15);1H3,(H3,8,9,10,11);1,3H;;;/q;;;;2*+1;-1/p-1. The van der Waals surface area contributed by atoms with Crippen LogP contribution in [-0.4, -0.2) is 62.4 Å². The maximum atomic E-state index is 12.7. The van der Waals surface area contributed by atoms with E-state index in [0.717, 1.165) is 36.0 Å². The molecule has 2 amide bonds. The minimum Gasteiger partial charge on any atom is -1.00 e. The molecular formula is C31H27ClF6K2N10O5S4. The van der Waals surface area contributed by atoms with E-state index >= 15 is 0 Å². The summed E-state index contributed by atoms with van der Waals surface area (Å²) < 4.78 is 75.2. The van der Waals surface area contributed by atoms with Crippen molar-refractivity contribution >= 4 is 101 Å². The van der Waals surface area contributed by atoms with E-state index < -0.39 is 35.3 Å². The summed E-state index contributed by atoms with van der Waals surface area (Å²) in [6.45, 7) is -0.181. The molecule has 4 aromatic rings. The van der Waals surface area contributed by atoms with Crippen LogP contribution in [-0.2, 0) is 31.6 Å². The third-order valence-electron chi connectivity index (χ3n) is 5.82. The molecule has 15 nitrogen and oxygen atoms in total. The number of aromatic amines is 1. The van der Waals surface area contributed by atoms with Gasteiger partial charge in [-0.05, 0) is 48.9 Å². The fourth-order valence-electron chi connectivity index (χ4n) is 3.57. The predicted octanol–water partition coefficient (Wildman–Crippen LogP) is 0.155. The Bertz CT molecular complexity index is 2170. The fourth-order valence-corrected chi connectivity index (χ4v) is 5.87. The van der Waals surface area contributed by atoms with Gasteiger partial charge in [0.1, 0.15) is 48.9 Å². The predicted molar refractivity (Wildman–Crippen MR) is 203 cm³/mol. The van der Waals surface area contributed by atoms with Gasteiger partial charge in [-0.15, -0.1) is 35.1 Å². The van der Waals surface area contributed by atoms with E-state index in [1.807, 2.05) is 18.4 Å². The third-order valence-corrected chi connectivity index (χ3v) is 8.71. The fraction of sp³-hybridized carbons (Fsp3) is 0.194. The summed E-state index contributed by atoms with van der Waals surface area (Å²) in [6.07, 6.45) is -5.37. The summed E-state index contributed by atoms with van der Waals surface area (Å²) in [5, 5.41) is 32.2. The Hall–Kier alpha value is -2.04. The molecule has 0 aliphatic heterocycles. The number of alkyl halides is 7. The van der Waals surface area contributed by atoms with E-state index in [0.29, 0.717) is 20.3 Å². The number of nitrogens with zero attached hydrogens (tertiary/aromatic N) is 5. The van der Waals surface area contributed by atoms with Gasteiger partial charge in [0.15, 0.2) is 5.95 Å². The molecule has 2 aromatic heterocycles. The second-order valence-corrected chi connectivity index (χ2v) is 12.9. The molecule has 306 valence electrons. The maximum absolute atomic E-state index is 12.7. The number of anilines is 4. The van der Waals surface area contributed by atoms with Crippen LogP contribution in [0.3, 0.4) is 0 Å². The van der Waals surface area contributed by atoms with Gasteiger partial charge in [-0.1, -0.05) is 36.1 Å². The van der Waals surface area contributed by atoms with Crippen LogP contribution in [0.1, 0.15) is 23.7 Å². The van der Waals surface area contributed by atoms with Crippen LogP contribution in [0.4, 0.5) is 49.6 Å². The van der Waals surface area contributed by atoms with Crippen molar-refractivity contribution in [1.29, 1.82) is 10.5 Å². The Morgan fingerprint density at radius 2 is 1.34 bits per heavy atom. The number of benzene rings is 2. The molecule has 0 aliphatic carbocycles. The monoisotopic (exact) mass is 974 g/mol. The molecule has 0 bridgehead atoms. The molecule has 28 heteroatoms. The number of rotatable bonds is 9. The van der Waals surface area contributed by atoms with Crippen LogP contribution in [0.2, 0.25) is 0 Å². The molecule has 0 atom stereocenters. The molecule has 4 rings (SSSR count). The zero-order chi connectivity index (χ0) is 43.3. The molecule has 0 saturated carbocycles. The second-order valence-electron chi connectivity index (χ2n) is 9.70. The number of nitriles is 2. The number of halogens is 7. The normalized spacial score (nSPS) is 9.97. The van der Waals surface area contributed by atoms with Crippen molar-refractivity contribution in [3.8, 4) is 12.1 Å². The van der Waals surface area contributed by atoms with Gasteiger partial charge in [-0.25, -0.2) is 15.0 Å². The smallest absolute Gasteiger partial charge is 1.00 e. The number of aromatic nitrogens is 4. The molecule has 2 aromatic carbocycles. The Morgan fingerprint density at radius 3 is 1.75 bits per heavy atom. The summed E-state index contributed by atoms with van der Waals surface area (Å²) in [5.74, 6) is -1.33. The van der Waals surface area contributed by atoms with Crippen molar-refractivity contribution in [3.63, 3.8) is 0 Å². The first-order valence-corrected chi connectivity index (χ1v) is 19.0. The Kier molecular flexibility index (Phi) is 30.1. The van der Waals surface area contributed by atoms with Crippen molar-refractivity contribution in [3.05, 3.63) is 75.4 Å². The van der Waals surface area contributed by atoms with Gasteiger partial charge in [-0.3, -0.25) is 14.4 Å². The number of carbonyl (C=O) groups is 3. The molecule has 2 heterocycles. The molecule has 7 N–H and O–H groups in total. The Labute approximate surface area is 441 Å². The average Bonchev–Trinajstić information content (AvgIpc) is 3.16. The number of amides is 2. The van der Waals surface area contributed by atoms with Gasteiger partial charge in [0, 0.05) is 11.4 Å². The number of hydrogen-bond acceptors (Lipinski definition) is 16. The van der Waals surface area contributed by atoms with Crippen LogP contribution in [0.5, 0.6) is 0 Å². The number of H-pyrrole nitrogens is 1. The van der Waals surface area contributed by atoms with E-state index in [-0.39, 0.29) is 156 Å². The van der Waals surface area contributed by atoms with Crippen molar-refractivity contribution < 1.29 is 155 Å². The van der Waals surface area contributed by atoms with Crippen molar-refractivity contribution in [2.45, 2.75) is 27.4 Å². The van der Waals surface area contributed by atoms with Crippen LogP contribution in [0, 0.1) is 27.3 Å². The van der Waals surface area contributed by atoms with Crippen molar-refractivity contribution in [2.75, 3.05) is 46.2 Å². The van der Waals surface area contributed by atoms with Crippen molar-refractivity contribution in [1.82, 2.24) is 19.9 Å². The van der Waals surface area contributed by atoms with E-state index in [1.165, 1.54) is 47.8 Å². The Morgan fingerprint density at radius 1 is 0.898 bits per heavy atom. The first kappa shape index (κ1) is 59.1. The average molecular weight is 976 g/mol. The van der Waals surface area contributed by atoms with Crippen LogP contribution < -0.4 is 130 Å². The molecule has 0 radical (unpaired) electrons. The van der Waals surface area contributed by atoms with Crippen LogP contribution in [0.25, 0.3) is 0 Å². The largest absolute Gasteiger partial charge is 1.00 e.